The molecule has 0 aliphatic rings. The summed E-state index contributed by atoms with van der Waals surface area (Å²) in [6.07, 6.45) is 3.37. The highest BCUT2D eigenvalue weighted by Gasteiger charge is 2.17. The molecule has 2 aromatic carbocycles. The molecule has 0 aliphatic heterocycles. The molecule has 0 spiro atoms. The minimum absolute atomic E-state index is 0.330. The van der Waals surface area contributed by atoms with Crippen molar-refractivity contribution >= 4 is 27.3 Å². The SMILES string of the molecule is COc1cc(OCc2cccc(-c3ccc(C#N)cn3)c2)c2cc(-c3cn4nc(OC)sc4n3)oc2c1. The fourth-order valence-electron chi connectivity index (χ4n) is 3.94. The van der Waals surface area contributed by atoms with Crippen LogP contribution >= 0.6 is 11.3 Å². The van der Waals surface area contributed by atoms with Crippen LogP contribution in [0.5, 0.6) is 16.7 Å². The fourth-order valence-corrected chi connectivity index (χ4v) is 4.64. The Balaban J connectivity index is 1.29. The third-order valence-electron chi connectivity index (χ3n) is 5.77. The number of hydrogen-bond donors (Lipinski definition) is 0. The standard InChI is InChI=1S/C27H19N5O4S/c1-33-19-9-23(35-15-16-4-3-5-18(8-16)21-7-6-17(12-28)13-29-21)20-11-25(36-24(20)10-19)22-14-32-26(30-22)37-27(31-32)34-2/h3-11,13-14H,15H2,1-2H3. The maximum atomic E-state index is 9.01. The normalized spacial score (nSPS) is 11.1. The Morgan fingerprint density at radius 1 is 1.05 bits per heavy atom. The van der Waals surface area contributed by atoms with Crippen LogP contribution in [0.2, 0.25) is 0 Å². The predicted octanol–water partition coefficient (Wildman–Crippen LogP) is 5.73. The van der Waals surface area contributed by atoms with E-state index >= 15 is 0 Å². The highest BCUT2D eigenvalue weighted by molar-refractivity contribution is 7.18. The summed E-state index contributed by atoms with van der Waals surface area (Å²) < 4.78 is 24.7. The van der Waals surface area contributed by atoms with Crippen LogP contribution in [0.4, 0.5) is 0 Å². The fraction of sp³-hybridized carbons (Fsp3) is 0.111. The molecule has 0 unspecified atom stereocenters. The summed E-state index contributed by atoms with van der Waals surface area (Å²) >= 11 is 1.35. The first-order chi connectivity index (χ1) is 18.1. The van der Waals surface area contributed by atoms with Gasteiger partial charge < -0.3 is 18.6 Å². The van der Waals surface area contributed by atoms with Gasteiger partial charge in [-0.25, -0.2) is 9.50 Å². The molecule has 0 bridgehead atoms. The van der Waals surface area contributed by atoms with Crippen molar-refractivity contribution in [2.75, 3.05) is 14.2 Å². The van der Waals surface area contributed by atoms with Crippen LogP contribution in [0.25, 0.3) is 38.6 Å². The molecule has 9 nitrogen and oxygen atoms in total. The van der Waals surface area contributed by atoms with Gasteiger partial charge in [0.1, 0.15) is 35.5 Å². The molecule has 6 aromatic rings. The zero-order valence-electron chi connectivity index (χ0n) is 19.8. The van der Waals surface area contributed by atoms with E-state index in [9.17, 15) is 0 Å². The number of hydrogen-bond acceptors (Lipinski definition) is 9. The average Bonchev–Trinajstić information content (AvgIpc) is 3.65. The molecule has 0 saturated heterocycles. The third-order valence-corrected chi connectivity index (χ3v) is 6.65. The van der Waals surface area contributed by atoms with Crippen molar-refractivity contribution in [3.8, 4) is 45.5 Å². The van der Waals surface area contributed by atoms with E-state index in [1.807, 2.05) is 48.5 Å². The largest absolute Gasteiger partial charge is 0.496 e. The molecule has 4 aromatic heterocycles. The van der Waals surface area contributed by atoms with Gasteiger partial charge in [0, 0.05) is 23.9 Å². The van der Waals surface area contributed by atoms with Gasteiger partial charge in [0.05, 0.1) is 37.1 Å². The topological polar surface area (TPSA) is 108 Å². The monoisotopic (exact) mass is 509 g/mol. The van der Waals surface area contributed by atoms with E-state index in [0.29, 0.717) is 50.9 Å². The first-order valence-electron chi connectivity index (χ1n) is 11.2. The minimum atomic E-state index is 0.330. The quantitative estimate of drug-likeness (QED) is 0.268. The van der Waals surface area contributed by atoms with Gasteiger partial charge in [0.15, 0.2) is 5.76 Å². The summed E-state index contributed by atoms with van der Waals surface area (Å²) in [5, 5.41) is 14.7. The molecule has 6 rings (SSSR count). The second kappa shape index (κ2) is 9.29. The lowest BCUT2D eigenvalue weighted by Crippen LogP contribution is -1.97. The number of methoxy groups -OCH3 is 2. The molecule has 182 valence electrons. The molecule has 0 fully saturated rings. The Bertz CT molecular complexity index is 1750. The lowest BCUT2D eigenvalue weighted by molar-refractivity contribution is 0.307. The van der Waals surface area contributed by atoms with E-state index in [1.165, 1.54) is 11.3 Å². The van der Waals surface area contributed by atoms with Crippen molar-refractivity contribution < 1.29 is 18.6 Å². The van der Waals surface area contributed by atoms with E-state index in [4.69, 9.17) is 23.9 Å². The molecular formula is C27H19N5O4S. The maximum Gasteiger partial charge on any atom is 0.294 e. The Kier molecular flexibility index (Phi) is 5.67. The van der Waals surface area contributed by atoms with Crippen LogP contribution in [0, 0.1) is 11.3 Å². The van der Waals surface area contributed by atoms with Gasteiger partial charge in [-0.1, -0.05) is 18.2 Å². The van der Waals surface area contributed by atoms with Crippen molar-refractivity contribution in [2.24, 2.45) is 0 Å². The number of aromatic nitrogens is 4. The van der Waals surface area contributed by atoms with E-state index in [-0.39, 0.29) is 0 Å². The van der Waals surface area contributed by atoms with Crippen LogP contribution in [0.15, 0.2) is 71.4 Å². The van der Waals surface area contributed by atoms with Gasteiger partial charge in [-0.3, -0.25) is 4.98 Å². The third kappa shape index (κ3) is 4.32. The number of imidazole rings is 1. The maximum absolute atomic E-state index is 9.01. The molecule has 0 N–H and O–H groups in total. The summed E-state index contributed by atoms with van der Waals surface area (Å²) in [6.45, 7) is 0.330. The number of rotatable bonds is 7. The van der Waals surface area contributed by atoms with E-state index < -0.39 is 0 Å². The molecule has 4 heterocycles. The number of fused-ring (bicyclic) bond motifs is 2. The van der Waals surface area contributed by atoms with Crippen LogP contribution in [0.1, 0.15) is 11.1 Å². The highest BCUT2D eigenvalue weighted by Crippen LogP contribution is 2.37. The van der Waals surface area contributed by atoms with Gasteiger partial charge in [0.2, 0.25) is 4.96 Å². The zero-order chi connectivity index (χ0) is 25.4. The first kappa shape index (κ1) is 22.6. The van der Waals surface area contributed by atoms with Crippen LogP contribution in [0.3, 0.4) is 0 Å². The summed E-state index contributed by atoms with van der Waals surface area (Å²) in [4.78, 5) is 9.70. The minimum Gasteiger partial charge on any atom is -0.496 e. The zero-order valence-corrected chi connectivity index (χ0v) is 20.7. The van der Waals surface area contributed by atoms with Crippen LogP contribution in [-0.4, -0.2) is 33.8 Å². The molecule has 0 amide bonds. The number of nitriles is 1. The average molecular weight is 510 g/mol. The molecule has 0 aliphatic carbocycles. The summed E-state index contributed by atoms with van der Waals surface area (Å²) in [6, 6.07) is 19.2. The number of pyridine rings is 1. The number of nitrogens with zero attached hydrogens (tertiary/aromatic N) is 5. The molecule has 0 radical (unpaired) electrons. The summed E-state index contributed by atoms with van der Waals surface area (Å²) in [5.74, 6) is 1.85. The number of ether oxygens (including phenoxy) is 3. The molecule has 37 heavy (non-hydrogen) atoms. The van der Waals surface area contributed by atoms with Gasteiger partial charge in [0.25, 0.3) is 5.19 Å². The van der Waals surface area contributed by atoms with Crippen LogP contribution < -0.4 is 14.2 Å². The Labute approximate surface area is 215 Å². The van der Waals surface area contributed by atoms with Gasteiger partial charge in [-0.15, -0.1) is 5.10 Å². The Morgan fingerprint density at radius 3 is 2.73 bits per heavy atom. The Hall–Kier alpha value is -4.88. The molecule has 0 saturated carbocycles. The smallest absolute Gasteiger partial charge is 0.294 e. The highest BCUT2D eigenvalue weighted by atomic mass is 32.1. The van der Waals surface area contributed by atoms with Gasteiger partial charge in [-0.05, 0) is 41.2 Å². The number of furan rings is 1. The van der Waals surface area contributed by atoms with Gasteiger partial charge >= 0.3 is 0 Å². The van der Waals surface area contributed by atoms with Crippen LogP contribution in [-0.2, 0) is 6.61 Å². The lowest BCUT2D eigenvalue weighted by Gasteiger charge is -2.10. The van der Waals surface area contributed by atoms with E-state index in [0.717, 1.165) is 22.2 Å². The van der Waals surface area contributed by atoms with E-state index in [1.54, 1.807) is 37.2 Å². The second-order valence-electron chi connectivity index (χ2n) is 8.11. The summed E-state index contributed by atoms with van der Waals surface area (Å²) in [5.41, 5.74) is 4.51. The molecular weight excluding hydrogens is 490 g/mol. The molecule has 10 heteroatoms. The van der Waals surface area contributed by atoms with E-state index in [2.05, 4.69) is 21.1 Å². The van der Waals surface area contributed by atoms with Crippen molar-refractivity contribution in [1.29, 1.82) is 5.26 Å². The van der Waals surface area contributed by atoms with Crippen molar-refractivity contribution in [3.05, 3.63) is 78.1 Å². The predicted molar refractivity (Wildman–Crippen MR) is 138 cm³/mol. The first-order valence-corrected chi connectivity index (χ1v) is 12.1. The lowest BCUT2D eigenvalue weighted by atomic mass is 10.1. The number of benzene rings is 2. The van der Waals surface area contributed by atoms with Crippen molar-refractivity contribution in [3.63, 3.8) is 0 Å². The van der Waals surface area contributed by atoms with Crippen molar-refractivity contribution in [1.82, 2.24) is 19.6 Å². The molecule has 0 atom stereocenters. The summed E-state index contributed by atoms with van der Waals surface area (Å²) in [7, 11) is 3.18. The second-order valence-corrected chi connectivity index (χ2v) is 9.02. The van der Waals surface area contributed by atoms with Crippen molar-refractivity contribution in [2.45, 2.75) is 6.61 Å². The Morgan fingerprint density at radius 2 is 1.97 bits per heavy atom. The van der Waals surface area contributed by atoms with Gasteiger partial charge in [-0.2, -0.15) is 5.26 Å².